The zero-order valence-electron chi connectivity index (χ0n) is 11.3. The minimum atomic E-state index is -3.73. The van der Waals surface area contributed by atoms with Gasteiger partial charge in [0.05, 0.1) is 18.8 Å². The van der Waals surface area contributed by atoms with E-state index in [1.54, 1.807) is 0 Å². The first-order chi connectivity index (χ1) is 9.33. The quantitative estimate of drug-likeness (QED) is 0.357. The molecule has 9 heteroatoms. The van der Waals surface area contributed by atoms with E-state index in [0.717, 1.165) is 19.3 Å². The SMILES string of the molecule is NCCCCCC(=O)N1C[C@H](O)C[C@H]1COP(O)(O)=S. The van der Waals surface area contributed by atoms with Crippen LogP contribution in [0.5, 0.6) is 0 Å². The summed E-state index contributed by atoms with van der Waals surface area (Å²) in [5, 5.41) is 9.65. The number of carbonyl (C=O) groups is 1. The summed E-state index contributed by atoms with van der Waals surface area (Å²) in [5.41, 5.74) is 5.39. The van der Waals surface area contributed by atoms with E-state index < -0.39 is 12.8 Å². The van der Waals surface area contributed by atoms with Crippen LogP contribution < -0.4 is 5.73 Å². The average molecular weight is 326 g/mol. The molecule has 0 aromatic carbocycles. The van der Waals surface area contributed by atoms with Crippen LogP contribution in [0, 0.1) is 0 Å². The molecule has 118 valence electrons. The fourth-order valence-electron chi connectivity index (χ4n) is 2.28. The van der Waals surface area contributed by atoms with Gasteiger partial charge < -0.3 is 30.1 Å². The maximum Gasteiger partial charge on any atom is 0.321 e. The number of rotatable bonds is 8. The molecular weight excluding hydrogens is 303 g/mol. The van der Waals surface area contributed by atoms with Gasteiger partial charge in [0.15, 0.2) is 0 Å². The molecule has 1 heterocycles. The highest BCUT2D eigenvalue weighted by atomic mass is 32.5. The lowest BCUT2D eigenvalue weighted by Gasteiger charge is -2.25. The van der Waals surface area contributed by atoms with E-state index in [1.165, 1.54) is 4.90 Å². The van der Waals surface area contributed by atoms with E-state index in [9.17, 15) is 9.90 Å². The molecule has 1 rings (SSSR count). The van der Waals surface area contributed by atoms with Gasteiger partial charge >= 0.3 is 6.72 Å². The topological polar surface area (TPSA) is 116 Å². The highest BCUT2D eigenvalue weighted by Gasteiger charge is 2.34. The zero-order valence-corrected chi connectivity index (χ0v) is 13.1. The smallest absolute Gasteiger partial charge is 0.321 e. The van der Waals surface area contributed by atoms with Crippen molar-refractivity contribution in [3.05, 3.63) is 0 Å². The van der Waals surface area contributed by atoms with E-state index in [-0.39, 0.29) is 25.1 Å². The van der Waals surface area contributed by atoms with Crippen LogP contribution in [0.25, 0.3) is 0 Å². The van der Waals surface area contributed by atoms with Gasteiger partial charge in [-0.05, 0) is 37.6 Å². The van der Waals surface area contributed by atoms with Crippen molar-refractivity contribution in [3.63, 3.8) is 0 Å². The number of nitrogens with two attached hydrogens (primary N) is 1. The Labute approximate surface area is 124 Å². The Bertz CT molecular complexity index is 365. The third kappa shape index (κ3) is 6.58. The second kappa shape index (κ2) is 8.38. The summed E-state index contributed by atoms with van der Waals surface area (Å²) in [5.74, 6) is -0.0589. The van der Waals surface area contributed by atoms with Gasteiger partial charge in [0.1, 0.15) is 0 Å². The van der Waals surface area contributed by atoms with Crippen molar-refractivity contribution in [2.75, 3.05) is 19.7 Å². The van der Waals surface area contributed by atoms with Crippen molar-refractivity contribution in [2.45, 2.75) is 44.2 Å². The van der Waals surface area contributed by atoms with E-state index in [1.807, 2.05) is 0 Å². The van der Waals surface area contributed by atoms with Crippen LogP contribution >= 0.6 is 6.72 Å². The van der Waals surface area contributed by atoms with E-state index >= 15 is 0 Å². The monoisotopic (exact) mass is 326 g/mol. The summed E-state index contributed by atoms with van der Waals surface area (Å²) in [6, 6.07) is -0.353. The second-order valence-corrected chi connectivity index (χ2v) is 7.64. The lowest BCUT2D eigenvalue weighted by atomic mass is 10.1. The van der Waals surface area contributed by atoms with E-state index in [4.69, 9.17) is 20.0 Å². The zero-order chi connectivity index (χ0) is 15.2. The molecule has 0 aromatic rings. The lowest BCUT2D eigenvalue weighted by Crippen LogP contribution is -2.38. The molecule has 20 heavy (non-hydrogen) atoms. The van der Waals surface area contributed by atoms with Gasteiger partial charge in [0.25, 0.3) is 0 Å². The minimum absolute atomic E-state index is 0.0589. The molecule has 1 fully saturated rings. The van der Waals surface area contributed by atoms with E-state index in [0.29, 0.717) is 19.4 Å². The Morgan fingerprint density at radius 1 is 1.40 bits per heavy atom. The van der Waals surface area contributed by atoms with Gasteiger partial charge in [-0.2, -0.15) is 0 Å². The van der Waals surface area contributed by atoms with Crippen LogP contribution in [0.4, 0.5) is 0 Å². The molecule has 1 saturated heterocycles. The second-order valence-electron chi connectivity index (χ2n) is 4.98. The molecule has 5 N–H and O–H groups in total. The molecule has 0 saturated carbocycles. The summed E-state index contributed by atoms with van der Waals surface area (Å²) < 4.78 is 4.80. The molecular formula is C11H23N2O5PS. The largest absolute Gasteiger partial charge is 0.391 e. The number of β-amino-alcohol motifs (C(OH)–C–C–N with tert-alkyl or cyclic N) is 1. The number of amides is 1. The van der Waals surface area contributed by atoms with Crippen molar-refractivity contribution in [3.8, 4) is 0 Å². The molecule has 1 aliphatic rings. The Balaban J connectivity index is 2.44. The summed E-state index contributed by atoms with van der Waals surface area (Å²) in [6.45, 7) is -2.92. The predicted molar refractivity (Wildman–Crippen MR) is 78.3 cm³/mol. The van der Waals surface area contributed by atoms with Gasteiger partial charge in [-0.3, -0.25) is 4.79 Å². The van der Waals surface area contributed by atoms with Crippen molar-refractivity contribution in [2.24, 2.45) is 5.73 Å². The van der Waals surface area contributed by atoms with Crippen LogP contribution in [0.2, 0.25) is 0 Å². The number of unbranched alkanes of at least 4 members (excludes halogenated alkanes) is 2. The lowest BCUT2D eigenvalue weighted by molar-refractivity contribution is -0.133. The highest BCUT2D eigenvalue weighted by Crippen LogP contribution is 2.37. The van der Waals surface area contributed by atoms with Crippen molar-refractivity contribution >= 4 is 24.4 Å². The number of nitrogens with zero attached hydrogens (tertiary/aromatic N) is 1. The Morgan fingerprint density at radius 3 is 2.70 bits per heavy atom. The number of aliphatic hydroxyl groups is 1. The molecule has 2 atom stereocenters. The fraction of sp³-hybridized carbons (Fsp3) is 0.909. The summed E-state index contributed by atoms with van der Waals surface area (Å²) in [7, 11) is 0. The Morgan fingerprint density at radius 2 is 2.10 bits per heavy atom. The van der Waals surface area contributed by atoms with Crippen molar-refractivity contribution in [1.82, 2.24) is 4.90 Å². The fourth-order valence-corrected chi connectivity index (χ4v) is 2.83. The van der Waals surface area contributed by atoms with Gasteiger partial charge in [-0.25, -0.2) is 0 Å². The minimum Gasteiger partial charge on any atom is -0.391 e. The number of likely N-dealkylation sites (tertiary alicyclic amines) is 1. The number of aliphatic hydroxyl groups excluding tert-OH is 1. The van der Waals surface area contributed by atoms with Crippen LogP contribution in [0.15, 0.2) is 0 Å². The Kier molecular flexibility index (Phi) is 7.53. The number of hydrogen-bond acceptors (Lipinski definition) is 5. The third-order valence-electron chi connectivity index (χ3n) is 3.24. The molecule has 0 aliphatic carbocycles. The Hall–Kier alpha value is -0.0800. The van der Waals surface area contributed by atoms with Crippen LogP contribution in [-0.2, 0) is 21.1 Å². The van der Waals surface area contributed by atoms with E-state index in [2.05, 4.69) is 11.8 Å². The predicted octanol–water partition coefficient (Wildman–Crippen LogP) is -0.307. The molecule has 0 unspecified atom stereocenters. The van der Waals surface area contributed by atoms with Crippen LogP contribution in [0.1, 0.15) is 32.1 Å². The number of hydrogen-bond donors (Lipinski definition) is 4. The normalized spacial score (nSPS) is 23.3. The first-order valence-electron chi connectivity index (χ1n) is 6.71. The van der Waals surface area contributed by atoms with Gasteiger partial charge in [-0.15, -0.1) is 0 Å². The average Bonchev–Trinajstić information content (AvgIpc) is 2.72. The highest BCUT2D eigenvalue weighted by molar-refractivity contribution is 8.06. The molecule has 0 aromatic heterocycles. The number of carbonyl (C=O) groups excluding carboxylic acids is 1. The maximum absolute atomic E-state index is 12.1. The molecule has 7 nitrogen and oxygen atoms in total. The standard InChI is InChI=1S/C11H23N2O5PS/c12-5-3-1-2-4-11(15)13-7-10(14)6-9(13)8-18-19(16,17)20/h9-10,14H,1-8,12H2,(H2,16,17,20)/t9-,10+/m0/s1. The molecule has 0 bridgehead atoms. The maximum atomic E-state index is 12.1. The summed E-state index contributed by atoms with van der Waals surface area (Å²) in [4.78, 5) is 31.7. The summed E-state index contributed by atoms with van der Waals surface area (Å²) in [6.07, 6.45) is 2.70. The van der Waals surface area contributed by atoms with Gasteiger partial charge in [0.2, 0.25) is 5.91 Å². The first-order valence-corrected chi connectivity index (χ1v) is 9.33. The van der Waals surface area contributed by atoms with Gasteiger partial charge in [0, 0.05) is 13.0 Å². The van der Waals surface area contributed by atoms with Crippen molar-refractivity contribution < 1.29 is 24.2 Å². The first kappa shape index (κ1) is 18.0. The third-order valence-corrected chi connectivity index (χ3v) is 4.04. The van der Waals surface area contributed by atoms with Crippen LogP contribution in [0.3, 0.4) is 0 Å². The van der Waals surface area contributed by atoms with Gasteiger partial charge in [-0.1, -0.05) is 6.42 Å². The molecule has 1 aliphatic heterocycles. The molecule has 0 radical (unpaired) electrons. The van der Waals surface area contributed by atoms with Crippen molar-refractivity contribution in [1.29, 1.82) is 0 Å². The molecule has 0 spiro atoms. The van der Waals surface area contributed by atoms with Crippen LogP contribution in [-0.4, -0.2) is 57.5 Å². The summed E-state index contributed by atoms with van der Waals surface area (Å²) >= 11 is 4.37. The molecule has 1 amide bonds.